The minimum absolute atomic E-state index is 0.0526. The molecule has 1 amide bonds. The maximum atomic E-state index is 12.8. The maximum Gasteiger partial charge on any atom is 0.419 e. The van der Waals surface area contributed by atoms with Crippen molar-refractivity contribution in [3.8, 4) is 0 Å². The van der Waals surface area contributed by atoms with Gasteiger partial charge >= 0.3 is 6.18 Å². The summed E-state index contributed by atoms with van der Waals surface area (Å²) < 4.78 is 40.4. The second-order valence-corrected chi connectivity index (χ2v) is 9.10. The monoisotopic (exact) mass is 500 g/mol. The highest BCUT2D eigenvalue weighted by Gasteiger charge is 2.32. The molecule has 1 N–H and O–H groups in total. The van der Waals surface area contributed by atoms with E-state index in [4.69, 9.17) is 0 Å². The zero-order valence-corrected chi connectivity index (χ0v) is 19.7. The van der Waals surface area contributed by atoms with Crippen LogP contribution in [0.3, 0.4) is 0 Å². The van der Waals surface area contributed by atoms with Crippen molar-refractivity contribution in [3.05, 3.63) is 54.9 Å². The summed E-state index contributed by atoms with van der Waals surface area (Å²) in [7, 11) is 0. The van der Waals surface area contributed by atoms with Crippen LogP contribution in [-0.2, 0) is 11.0 Å². The number of nitrogens with one attached hydrogen (secondary N) is 1. The lowest BCUT2D eigenvalue weighted by Crippen LogP contribution is -2.43. The Labute approximate surface area is 206 Å². The predicted octanol–water partition coefficient (Wildman–Crippen LogP) is 3.86. The molecule has 5 rings (SSSR count). The van der Waals surface area contributed by atoms with Crippen molar-refractivity contribution >= 4 is 23.3 Å². The molecule has 0 saturated carbocycles. The molecule has 0 spiro atoms. The predicted molar refractivity (Wildman–Crippen MR) is 127 cm³/mol. The van der Waals surface area contributed by atoms with Crippen LogP contribution in [0.15, 0.2) is 43.6 Å². The van der Waals surface area contributed by atoms with Crippen LogP contribution >= 0.6 is 0 Å². The standard InChI is InChI=1S/C24H27F3N8O/c1-2-20(36)34-10-4-3-7-18(34)21-19-14-31-23(35(19)11-8-28-21)33-9-5-6-17(15-33)32-22-29-12-16(13-30-22)24(25,26)27/h2,8,11-14,17-18H,1,3-7,9-10,15H2,(H,29,30,32). The van der Waals surface area contributed by atoms with Crippen LogP contribution in [0.25, 0.3) is 5.52 Å². The fourth-order valence-electron chi connectivity index (χ4n) is 5.03. The molecule has 9 nitrogen and oxygen atoms in total. The Hall–Kier alpha value is -3.70. The van der Waals surface area contributed by atoms with E-state index in [2.05, 4.69) is 36.7 Å². The van der Waals surface area contributed by atoms with Crippen LogP contribution in [0.5, 0.6) is 0 Å². The van der Waals surface area contributed by atoms with E-state index in [0.29, 0.717) is 13.1 Å². The molecule has 0 aliphatic carbocycles. The van der Waals surface area contributed by atoms with Gasteiger partial charge in [-0.3, -0.25) is 14.2 Å². The fraction of sp³-hybridized carbons (Fsp3) is 0.458. The van der Waals surface area contributed by atoms with Gasteiger partial charge in [0.05, 0.1) is 29.0 Å². The number of carbonyl (C=O) groups is 1. The number of aromatic nitrogens is 5. The quantitative estimate of drug-likeness (QED) is 0.532. The Morgan fingerprint density at radius 1 is 1.06 bits per heavy atom. The zero-order valence-electron chi connectivity index (χ0n) is 19.7. The lowest BCUT2D eigenvalue weighted by atomic mass is 9.98. The van der Waals surface area contributed by atoms with Gasteiger partial charge in [-0.05, 0) is 38.2 Å². The van der Waals surface area contributed by atoms with Gasteiger partial charge in [0.15, 0.2) is 0 Å². The van der Waals surface area contributed by atoms with E-state index in [9.17, 15) is 18.0 Å². The van der Waals surface area contributed by atoms with Gasteiger partial charge in [0.1, 0.15) is 0 Å². The molecule has 2 fully saturated rings. The fourth-order valence-corrected chi connectivity index (χ4v) is 5.03. The number of piperidine rings is 2. The van der Waals surface area contributed by atoms with Crippen LogP contribution in [0, 0.1) is 0 Å². The highest BCUT2D eigenvalue weighted by atomic mass is 19.4. The van der Waals surface area contributed by atoms with Crippen LogP contribution in [-0.4, -0.2) is 60.8 Å². The van der Waals surface area contributed by atoms with E-state index in [1.54, 1.807) is 12.4 Å². The molecule has 0 radical (unpaired) electrons. The Morgan fingerprint density at radius 2 is 1.86 bits per heavy atom. The van der Waals surface area contributed by atoms with Crippen molar-refractivity contribution in [1.29, 1.82) is 0 Å². The van der Waals surface area contributed by atoms with E-state index in [0.717, 1.165) is 68.2 Å². The molecule has 2 unspecified atom stereocenters. The highest BCUT2D eigenvalue weighted by molar-refractivity contribution is 5.87. The lowest BCUT2D eigenvalue weighted by Gasteiger charge is -2.35. The van der Waals surface area contributed by atoms with Crippen molar-refractivity contribution in [1.82, 2.24) is 29.2 Å². The molecule has 5 heterocycles. The van der Waals surface area contributed by atoms with Crippen LogP contribution in [0.1, 0.15) is 49.4 Å². The van der Waals surface area contributed by atoms with Crippen LogP contribution in [0.2, 0.25) is 0 Å². The number of imidazole rings is 1. The minimum Gasteiger partial charge on any atom is -0.350 e. The van der Waals surface area contributed by atoms with Gasteiger partial charge < -0.3 is 15.1 Å². The number of nitrogens with zero attached hydrogens (tertiary/aromatic N) is 7. The van der Waals surface area contributed by atoms with Gasteiger partial charge in [-0.2, -0.15) is 13.2 Å². The maximum absolute atomic E-state index is 12.8. The molecule has 2 aliphatic heterocycles. The van der Waals surface area contributed by atoms with Crippen LogP contribution < -0.4 is 10.2 Å². The number of alkyl halides is 3. The second kappa shape index (κ2) is 9.75. The van der Waals surface area contributed by atoms with E-state index in [1.165, 1.54) is 6.08 Å². The molecule has 12 heteroatoms. The average molecular weight is 501 g/mol. The van der Waals surface area contributed by atoms with Crippen molar-refractivity contribution in [3.63, 3.8) is 0 Å². The number of rotatable bonds is 5. The minimum atomic E-state index is -4.47. The third-order valence-corrected chi connectivity index (χ3v) is 6.76. The summed E-state index contributed by atoms with van der Waals surface area (Å²) in [5, 5.41) is 3.15. The third-order valence-electron chi connectivity index (χ3n) is 6.76. The summed E-state index contributed by atoms with van der Waals surface area (Å²) in [6.45, 7) is 5.69. The number of hydrogen-bond acceptors (Lipinski definition) is 7. The van der Waals surface area contributed by atoms with Crippen molar-refractivity contribution < 1.29 is 18.0 Å². The Bertz CT molecular complexity index is 1240. The highest BCUT2D eigenvalue weighted by Crippen LogP contribution is 2.34. The number of hydrogen-bond donors (Lipinski definition) is 1. The van der Waals surface area contributed by atoms with Gasteiger partial charge in [-0.15, -0.1) is 0 Å². The molecule has 2 atom stereocenters. The number of likely N-dealkylation sites (tertiary alicyclic amines) is 1. The third kappa shape index (κ3) is 4.71. The number of carbonyl (C=O) groups excluding carboxylic acids is 1. The van der Waals surface area contributed by atoms with Gasteiger partial charge in [-0.25, -0.2) is 15.0 Å². The SMILES string of the molecule is C=CC(=O)N1CCCCC1c1nccn2c(N3CCCC(Nc4ncc(C(F)(F)F)cn4)C3)ncc12. The molecule has 190 valence electrons. The van der Waals surface area contributed by atoms with Crippen molar-refractivity contribution in [2.45, 2.75) is 50.4 Å². The van der Waals surface area contributed by atoms with Gasteiger partial charge in [-0.1, -0.05) is 6.58 Å². The summed E-state index contributed by atoms with van der Waals surface area (Å²) in [5.74, 6) is 0.822. The summed E-state index contributed by atoms with van der Waals surface area (Å²) in [6.07, 6.45) is 8.34. The first-order valence-electron chi connectivity index (χ1n) is 12.0. The lowest BCUT2D eigenvalue weighted by molar-refractivity contribution is -0.138. The zero-order chi connectivity index (χ0) is 25.3. The number of fused-ring (bicyclic) bond motifs is 1. The van der Waals surface area contributed by atoms with Gasteiger partial charge in [0, 0.05) is 50.5 Å². The first-order valence-corrected chi connectivity index (χ1v) is 12.0. The van der Waals surface area contributed by atoms with Crippen LogP contribution in [0.4, 0.5) is 25.1 Å². The van der Waals surface area contributed by atoms with Crippen molar-refractivity contribution in [2.75, 3.05) is 29.9 Å². The molecule has 0 aromatic carbocycles. The van der Waals surface area contributed by atoms with Crippen molar-refractivity contribution in [2.24, 2.45) is 0 Å². The molecule has 0 bridgehead atoms. The molecule has 3 aromatic heterocycles. The largest absolute Gasteiger partial charge is 0.419 e. The summed E-state index contributed by atoms with van der Waals surface area (Å²) in [4.78, 5) is 33.4. The smallest absolute Gasteiger partial charge is 0.350 e. The first-order chi connectivity index (χ1) is 17.3. The molecule has 2 saturated heterocycles. The number of halogens is 3. The van der Waals surface area contributed by atoms with Gasteiger partial charge in [0.25, 0.3) is 0 Å². The van der Waals surface area contributed by atoms with Gasteiger partial charge in [0.2, 0.25) is 17.8 Å². The number of anilines is 2. The number of amides is 1. The van der Waals surface area contributed by atoms with E-state index >= 15 is 0 Å². The Morgan fingerprint density at radius 3 is 2.61 bits per heavy atom. The first kappa shape index (κ1) is 24.0. The van der Waals surface area contributed by atoms with E-state index in [-0.39, 0.29) is 23.9 Å². The average Bonchev–Trinajstić information content (AvgIpc) is 3.33. The molecular weight excluding hydrogens is 473 g/mol. The van der Waals surface area contributed by atoms with E-state index in [1.807, 2.05) is 15.5 Å². The Balaban J connectivity index is 1.35. The molecule has 2 aliphatic rings. The normalized spacial score (nSPS) is 21.0. The molecule has 36 heavy (non-hydrogen) atoms. The summed E-state index contributed by atoms with van der Waals surface area (Å²) in [5.41, 5.74) is 0.788. The summed E-state index contributed by atoms with van der Waals surface area (Å²) >= 11 is 0. The second-order valence-electron chi connectivity index (χ2n) is 9.10. The molecular formula is C24H27F3N8O. The van der Waals surface area contributed by atoms with E-state index < -0.39 is 11.7 Å². The Kier molecular flexibility index (Phi) is 6.50. The summed E-state index contributed by atoms with van der Waals surface area (Å²) in [6, 6.07) is -0.187. The molecule has 3 aromatic rings. The topological polar surface area (TPSA) is 91.6 Å².